The van der Waals surface area contributed by atoms with E-state index in [1.807, 2.05) is 0 Å². The summed E-state index contributed by atoms with van der Waals surface area (Å²) in [6, 6.07) is 6.13. The third-order valence-corrected chi connectivity index (χ3v) is 5.95. The zero-order valence-corrected chi connectivity index (χ0v) is 14.7. The summed E-state index contributed by atoms with van der Waals surface area (Å²) in [4.78, 5) is 13.5. The highest BCUT2D eigenvalue weighted by atomic mass is 32.2. The van der Waals surface area contributed by atoms with Gasteiger partial charge in [0.15, 0.2) is 0 Å². The highest BCUT2D eigenvalue weighted by molar-refractivity contribution is 7.89. The van der Waals surface area contributed by atoms with Crippen LogP contribution in [0.1, 0.15) is 29.6 Å². The van der Waals surface area contributed by atoms with E-state index in [4.69, 9.17) is 0 Å². The Kier molecular flexibility index (Phi) is 5.59. The number of benzene rings is 1. The number of hydrogen-bond donors (Lipinski definition) is 0. The molecule has 5 nitrogen and oxygen atoms in total. The van der Waals surface area contributed by atoms with E-state index in [9.17, 15) is 13.2 Å². The second-order valence-corrected chi connectivity index (χ2v) is 8.20. The van der Waals surface area contributed by atoms with Crippen molar-refractivity contribution >= 4 is 15.9 Å². The lowest BCUT2D eigenvalue weighted by Crippen LogP contribution is -2.32. The molecule has 0 N–H and O–H groups in total. The summed E-state index contributed by atoms with van der Waals surface area (Å²) in [6.45, 7) is 0.519. The quantitative estimate of drug-likeness (QED) is 0.776. The molecule has 1 aliphatic carbocycles. The van der Waals surface area contributed by atoms with Crippen molar-refractivity contribution in [3.8, 4) is 0 Å². The van der Waals surface area contributed by atoms with Gasteiger partial charge in [-0.1, -0.05) is 12.2 Å². The number of hydrogen-bond acceptors (Lipinski definition) is 3. The third kappa shape index (κ3) is 4.20. The van der Waals surface area contributed by atoms with Gasteiger partial charge in [0.25, 0.3) is 5.91 Å². The van der Waals surface area contributed by atoms with Crippen molar-refractivity contribution in [2.45, 2.75) is 24.2 Å². The summed E-state index contributed by atoms with van der Waals surface area (Å²) < 4.78 is 26.7. The maximum Gasteiger partial charge on any atom is 0.253 e. The van der Waals surface area contributed by atoms with E-state index in [1.54, 1.807) is 33.3 Å². The molecule has 0 radical (unpaired) electrons. The van der Waals surface area contributed by atoms with Gasteiger partial charge in [-0.2, -0.15) is 0 Å². The molecule has 0 heterocycles. The zero-order chi connectivity index (χ0) is 17.0. The molecule has 0 saturated heterocycles. The van der Waals surface area contributed by atoms with Crippen molar-refractivity contribution in [1.29, 1.82) is 0 Å². The molecule has 0 spiro atoms. The Bertz CT molecular complexity index is 678. The van der Waals surface area contributed by atoms with E-state index in [0.717, 1.165) is 19.3 Å². The minimum absolute atomic E-state index is 0.142. The van der Waals surface area contributed by atoms with Crippen LogP contribution in [0.25, 0.3) is 0 Å². The van der Waals surface area contributed by atoms with Crippen LogP contribution < -0.4 is 0 Å². The van der Waals surface area contributed by atoms with E-state index in [-0.39, 0.29) is 10.8 Å². The number of allylic oxidation sites excluding steroid dienone is 2. The van der Waals surface area contributed by atoms with Gasteiger partial charge in [-0.3, -0.25) is 4.79 Å². The van der Waals surface area contributed by atoms with Gasteiger partial charge in [-0.05, 0) is 49.4 Å². The van der Waals surface area contributed by atoms with Crippen LogP contribution in [0.3, 0.4) is 0 Å². The Morgan fingerprint density at radius 2 is 1.78 bits per heavy atom. The number of rotatable bonds is 5. The van der Waals surface area contributed by atoms with Crippen LogP contribution in [0.15, 0.2) is 41.3 Å². The van der Waals surface area contributed by atoms with Gasteiger partial charge in [-0.15, -0.1) is 0 Å². The van der Waals surface area contributed by atoms with Crippen molar-refractivity contribution in [3.63, 3.8) is 0 Å². The van der Waals surface area contributed by atoms with Crippen LogP contribution in [0, 0.1) is 5.92 Å². The minimum atomic E-state index is -3.52. The number of carbonyl (C=O) groups excluding carboxylic acids is 1. The van der Waals surface area contributed by atoms with Crippen LogP contribution in [-0.4, -0.2) is 51.2 Å². The van der Waals surface area contributed by atoms with Gasteiger partial charge >= 0.3 is 0 Å². The van der Waals surface area contributed by atoms with Crippen molar-refractivity contribution in [1.82, 2.24) is 9.21 Å². The summed E-state index contributed by atoms with van der Waals surface area (Å²) in [5.41, 5.74) is 0.481. The summed E-state index contributed by atoms with van der Waals surface area (Å²) in [6.07, 6.45) is 7.23. The summed E-state index contributed by atoms with van der Waals surface area (Å²) in [5.74, 6) is 0.227. The van der Waals surface area contributed by atoms with Crippen LogP contribution in [-0.2, 0) is 10.0 Å². The van der Waals surface area contributed by atoms with Gasteiger partial charge in [-0.25, -0.2) is 12.7 Å². The van der Waals surface area contributed by atoms with Gasteiger partial charge in [0, 0.05) is 33.3 Å². The predicted octanol–water partition coefficient (Wildman–Crippen LogP) is 2.37. The van der Waals surface area contributed by atoms with E-state index >= 15 is 0 Å². The maximum atomic E-state index is 12.6. The first-order chi connectivity index (χ1) is 10.8. The molecule has 2 rings (SSSR count). The number of sulfonamides is 1. The first kappa shape index (κ1) is 17.7. The molecule has 1 aliphatic rings. The molecule has 23 heavy (non-hydrogen) atoms. The molecule has 6 heteroatoms. The monoisotopic (exact) mass is 336 g/mol. The lowest BCUT2D eigenvalue weighted by Gasteiger charge is -2.24. The summed E-state index contributed by atoms with van der Waals surface area (Å²) in [5, 5.41) is 0. The smallest absolute Gasteiger partial charge is 0.253 e. The van der Waals surface area contributed by atoms with E-state index < -0.39 is 10.0 Å². The van der Waals surface area contributed by atoms with Gasteiger partial charge in [0.1, 0.15) is 0 Å². The Hall–Kier alpha value is -1.66. The maximum absolute atomic E-state index is 12.6. The molecule has 1 atom stereocenters. The fourth-order valence-electron chi connectivity index (χ4n) is 2.69. The zero-order valence-electron chi connectivity index (χ0n) is 13.9. The molecule has 0 aliphatic heterocycles. The van der Waals surface area contributed by atoms with Crippen LogP contribution in [0.2, 0.25) is 0 Å². The Labute approximate surface area is 138 Å². The first-order valence-corrected chi connectivity index (χ1v) is 9.19. The average molecular weight is 336 g/mol. The van der Waals surface area contributed by atoms with Gasteiger partial charge < -0.3 is 4.90 Å². The van der Waals surface area contributed by atoms with Gasteiger partial charge in [0.2, 0.25) is 10.0 Å². The largest absolute Gasteiger partial charge is 0.345 e. The van der Waals surface area contributed by atoms with E-state index in [2.05, 4.69) is 12.2 Å². The predicted molar refractivity (Wildman–Crippen MR) is 90.8 cm³/mol. The first-order valence-electron chi connectivity index (χ1n) is 7.75. The highest BCUT2D eigenvalue weighted by Gasteiger charge is 2.24. The molecule has 126 valence electrons. The molecule has 1 amide bonds. The van der Waals surface area contributed by atoms with Crippen molar-refractivity contribution in [2.75, 3.05) is 27.7 Å². The normalized spacial score (nSPS) is 18.2. The third-order valence-electron chi connectivity index (χ3n) is 4.11. The van der Waals surface area contributed by atoms with Crippen LogP contribution in [0.4, 0.5) is 0 Å². The Balaban J connectivity index is 2.12. The molecular weight excluding hydrogens is 312 g/mol. The lowest BCUT2D eigenvalue weighted by molar-refractivity contribution is 0.0827. The fourth-order valence-corrected chi connectivity index (χ4v) is 3.94. The molecule has 1 unspecified atom stereocenters. The molecule has 1 aromatic rings. The van der Waals surface area contributed by atoms with Crippen molar-refractivity contribution in [3.05, 3.63) is 42.0 Å². The topological polar surface area (TPSA) is 57.7 Å². The number of amides is 1. The SMILES string of the molecule is CN(C)C(=O)c1ccc(S(=O)(=O)N(C)CC2CC=CCC2)cc1. The fraction of sp³-hybridized carbons (Fsp3) is 0.471. The molecular formula is C17H24N2O3S. The molecule has 0 bridgehead atoms. The van der Waals surface area contributed by atoms with Crippen molar-refractivity contribution in [2.24, 2.45) is 5.92 Å². The molecule has 0 aromatic heterocycles. The Morgan fingerprint density at radius 3 is 2.30 bits per heavy atom. The van der Waals surface area contributed by atoms with Crippen molar-refractivity contribution < 1.29 is 13.2 Å². The molecule has 1 aromatic carbocycles. The second kappa shape index (κ2) is 7.27. The number of nitrogens with zero attached hydrogens (tertiary/aromatic N) is 2. The minimum Gasteiger partial charge on any atom is -0.345 e. The van der Waals surface area contributed by atoms with E-state index in [0.29, 0.717) is 18.0 Å². The highest BCUT2D eigenvalue weighted by Crippen LogP contribution is 2.22. The summed E-state index contributed by atoms with van der Waals surface area (Å²) >= 11 is 0. The number of carbonyl (C=O) groups is 1. The van der Waals surface area contributed by atoms with E-state index in [1.165, 1.54) is 21.3 Å². The Morgan fingerprint density at radius 1 is 1.13 bits per heavy atom. The molecule has 0 saturated carbocycles. The van der Waals surface area contributed by atoms with Crippen LogP contribution in [0.5, 0.6) is 0 Å². The van der Waals surface area contributed by atoms with Gasteiger partial charge in [0.05, 0.1) is 4.90 Å². The average Bonchev–Trinajstić information content (AvgIpc) is 2.55. The van der Waals surface area contributed by atoms with Crippen LogP contribution >= 0.6 is 0 Å². The second-order valence-electron chi connectivity index (χ2n) is 6.16. The lowest BCUT2D eigenvalue weighted by atomic mass is 9.95. The molecule has 0 fully saturated rings. The summed E-state index contributed by atoms with van der Waals surface area (Å²) in [7, 11) is 1.43. The standard InChI is InChI=1S/C17H24N2O3S/c1-18(2)17(20)15-9-11-16(12-10-15)23(21,22)19(3)13-14-7-5-4-6-8-14/h4-5,9-12,14H,6-8,13H2,1-3H3.